The smallest absolute Gasteiger partial charge is 0.265 e. The Bertz CT molecular complexity index is 479. The van der Waals surface area contributed by atoms with Crippen molar-refractivity contribution in [2.75, 3.05) is 33.9 Å². The Labute approximate surface area is 124 Å². The van der Waals surface area contributed by atoms with Crippen LogP contribution in [0.4, 0.5) is 0 Å². The van der Waals surface area contributed by atoms with Gasteiger partial charge in [0, 0.05) is 25.8 Å². The number of methoxy groups -OCH3 is 1. The number of hydrogen-bond acceptors (Lipinski definition) is 5. The Hall–Kier alpha value is -1.96. The molecule has 0 aliphatic rings. The molecule has 21 heavy (non-hydrogen) atoms. The van der Waals surface area contributed by atoms with E-state index in [1.54, 1.807) is 25.3 Å². The van der Waals surface area contributed by atoms with Gasteiger partial charge in [-0.2, -0.15) is 0 Å². The summed E-state index contributed by atoms with van der Waals surface area (Å²) in [5.74, 6) is 4.71. The molecule has 0 unspecified atom stereocenters. The number of carbonyl (C=O) groups is 2. The molecule has 0 spiro atoms. The summed E-state index contributed by atoms with van der Waals surface area (Å²) in [5.41, 5.74) is 3.52. The molecular weight excluding hydrogens is 272 g/mol. The molecule has 1 rings (SSSR count). The van der Waals surface area contributed by atoms with Crippen molar-refractivity contribution >= 4 is 11.8 Å². The molecule has 4 N–H and O–H groups in total. The molecule has 0 heterocycles. The summed E-state index contributed by atoms with van der Waals surface area (Å²) < 4.78 is 4.86. The summed E-state index contributed by atoms with van der Waals surface area (Å²) in [4.78, 5) is 25.0. The van der Waals surface area contributed by atoms with Crippen molar-refractivity contribution in [3.63, 3.8) is 0 Å². The number of hydrogen-bond donors (Lipinski definition) is 3. The van der Waals surface area contributed by atoms with Crippen molar-refractivity contribution in [2.24, 2.45) is 5.84 Å². The molecule has 7 nitrogen and oxygen atoms in total. The Balaban J connectivity index is 2.49. The van der Waals surface area contributed by atoms with E-state index in [-0.39, 0.29) is 18.4 Å². The van der Waals surface area contributed by atoms with Crippen LogP contribution in [-0.4, -0.2) is 50.6 Å². The Morgan fingerprint density at radius 3 is 2.81 bits per heavy atom. The number of carbonyl (C=O) groups excluding carboxylic acids is 2. The van der Waals surface area contributed by atoms with E-state index in [1.165, 1.54) is 0 Å². The summed E-state index contributed by atoms with van der Waals surface area (Å²) >= 11 is 0. The molecule has 0 aromatic heterocycles. The number of amides is 2. The zero-order valence-corrected chi connectivity index (χ0v) is 12.4. The third-order valence-corrected chi connectivity index (χ3v) is 2.81. The first-order valence-corrected chi connectivity index (χ1v) is 6.61. The van der Waals surface area contributed by atoms with Crippen LogP contribution < -0.4 is 16.6 Å². The van der Waals surface area contributed by atoms with Crippen LogP contribution in [0.5, 0.6) is 0 Å². The molecule has 0 aliphatic carbocycles. The second kappa shape index (κ2) is 9.06. The number of nitrogens with zero attached hydrogens (tertiary/aromatic N) is 1. The van der Waals surface area contributed by atoms with Gasteiger partial charge in [0.1, 0.15) is 0 Å². The Morgan fingerprint density at radius 2 is 2.14 bits per heavy atom. The molecule has 0 aliphatic heterocycles. The highest BCUT2D eigenvalue weighted by atomic mass is 16.5. The van der Waals surface area contributed by atoms with Gasteiger partial charge in [0.2, 0.25) is 5.91 Å². The van der Waals surface area contributed by atoms with Gasteiger partial charge < -0.3 is 10.1 Å². The van der Waals surface area contributed by atoms with E-state index in [2.05, 4.69) is 10.7 Å². The topological polar surface area (TPSA) is 96.7 Å². The lowest BCUT2D eigenvalue weighted by Crippen LogP contribution is -2.36. The lowest BCUT2D eigenvalue weighted by atomic mass is 10.1. The number of hydrazine groups is 1. The van der Waals surface area contributed by atoms with Gasteiger partial charge in [0.25, 0.3) is 5.91 Å². The van der Waals surface area contributed by atoms with Crippen LogP contribution in [-0.2, 0) is 16.1 Å². The van der Waals surface area contributed by atoms with E-state index in [9.17, 15) is 9.59 Å². The van der Waals surface area contributed by atoms with Crippen LogP contribution in [0.3, 0.4) is 0 Å². The fourth-order valence-corrected chi connectivity index (χ4v) is 1.86. The SMILES string of the molecule is COCCNC(=O)CN(C)Cc1cccc(C(=O)NN)c1. The van der Waals surface area contributed by atoms with Crippen LogP contribution in [0.25, 0.3) is 0 Å². The average molecular weight is 294 g/mol. The number of rotatable bonds is 8. The summed E-state index contributed by atoms with van der Waals surface area (Å²) in [6.45, 7) is 1.82. The van der Waals surface area contributed by atoms with Crippen molar-refractivity contribution in [1.29, 1.82) is 0 Å². The predicted molar refractivity (Wildman–Crippen MR) is 79.3 cm³/mol. The zero-order chi connectivity index (χ0) is 15.7. The lowest BCUT2D eigenvalue weighted by molar-refractivity contribution is -0.122. The molecule has 116 valence electrons. The number of nitrogen functional groups attached to an aromatic ring is 1. The lowest BCUT2D eigenvalue weighted by Gasteiger charge is -2.16. The van der Waals surface area contributed by atoms with Crippen molar-refractivity contribution < 1.29 is 14.3 Å². The first kappa shape index (κ1) is 17.1. The van der Waals surface area contributed by atoms with Gasteiger partial charge in [-0.25, -0.2) is 5.84 Å². The molecule has 0 saturated carbocycles. The van der Waals surface area contributed by atoms with E-state index in [0.29, 0.717) is 25.3 Å². The van der Waals surface area contributed by atoms with Crippen LogP contribution >= 0.6 is 0 Å². The minimum absolute atomic E-state index is 0.0644. The van der Waals surface area contributed by atoms with Gasteiger partial charge in [-0.3, -0.25) is 19.9 Å². The number of ether oxygens (including phenoxy) is 1. The van der Waals surface area contributed by atoms with Crippen LogP contribution in [0, 0.1) is 0 Å². The maximum Gasteiger partial charge on any atom is 0.265 e. The van der Waals surface area contributed by atoms with E-state index >= 15 is 0 Å². The monoisotopic (exact) mass is 294 g/mol. The first-order valence-electron chi connectivity index (χ1n) is 6.61. The molecule has 0 bridgehead atoms. The average Bonchev–Trinajstić information content (AvgIpc) is 2.46. The fraction of sp³-hybridized carbons (Fsp3) is 0.429. The summed E-state index contributed by atoms with van der Waals surface area (Å²) in [5, 5.41) is 2.75. The minimum atomic E-state index is -0.336. The number of nitrogens with one attached hydrogen (secondary N) is 2. The first-order chi connectivity index (χ1) is 10.1. The van der Waals surface area contributed by atoms with Crippen LogP contribution in [0.15, 0.2) is 24.3 Å². The van der Waals surface area contributed by atoms with Crippen molar-refractivity contribution in [2.45, 2.75) is 6.54 Å². The number of nitrogens with two attached hydrogens (primary N) is 1. The highest BCUT2D eigenvalue weighted by Crippen LogP contribution is 2.07. The van der Waals surface area contributed by atoms with Gasteiger partial charge in [-0.15, -0.1) is 0 Å². The van der Waals surface area contributed by atoms with Gasteiger partial charge in [0.15, 0.2) is 0 Å². The summed E-state index contributed by atoms with van der Waals surface area (Å²) in [7, 11) is 3.42. The molecule has 7 heteroatoms. The highest BCUT2D eigenvalue weighted by molar-refractivity contribution is 5.93. The van der Waals surface area contributed by atoms with E-state index in [0.717, 1.165) is 5.56 Å². The molecule has 0 radical (unpaired) electrons. The van der Waals surface area contributed by atoms with E-state index in [4.69, 9.17) is 10.6 Å². The van der Waals surface area contributed by atoms with Crippen molar-refractivity contribution in [1.82, 2.24) is 15.6 Å². The molecule has 0 atom stereocenters. The second-order valence-electron chi connectivity index (χ2n) is 4.69. The maximum absolute atomic E-state index is 11.7. The van der Waals surface area contributed by atoms with Gasteiger partial charge >= 0.3 is 0 Å². The Kier molecular flexibility index (Phi) is 7.38. The van der Waals surface area contributed by atoms with Gasteiger partial charge in [-0.05, 0) is 24.7 Å². The fourth-order valence-electron chi connectivity index (χ4n) is 1.86. The third-order valence-electron chi connectivity index (χ3n) is 2.81. The standard InChI is InChI=1S/C14H22N4O3/c1-18(10-13(19)16-6-7-21-2)9-11-4-3-5-12(8-11)14(20)17-15/h3-5,8H,6-7,9-10,15H2,1-2H3,(H,16,19)(H,17,20). The largest absolute Gasteiger partial charge is 0.383 e. The molecule has 0 saturated heterocycles. The molecule has 2 amide bonds. The number of likely N-dealkylation sites (N-methyl/N-ethyl adjacent to an activating group) is 1. The zero-order valence-electron chi connectivity index (χ0n) is 12.4. The third kappa shape index (κ3) is 6.35. The summed E-state index contributed by atoms with van der Waals surface area (Å²) in [6, 6.07) is 7.11. The van der Waals surface area contributed by atoms with E-state index in [1.807, 2.05) is 18.0 Å². The van der Waals surface area contributed by atoms with Crippen molar-refractivity contribution in [3.05, 3.63) is 35.4 Å². The quantitative estimate of drug-likeness (QED) is 0.259. The summed E-state index contributed by atoms with van der Waals surface area (Å²) in [6.07, 6.45) is 0. The second-order valence-corrected chi connectivity index (χ2v) is 4.69. The highest BCUT2D eigenvalue weighted by Gasteiger charge is 2.08. The van der Waals surface area contributed by atoms with E-state index < -0.39 is 0 Å². The van der Waals surface area contributed by atoms with Crippen molar-refractivity contribution in [3.8, 4) is 0 Å². The van der Waals surface area contributed by atoms with Gasteiger partial charge in [-0.1, -0.05) is 12.1 Å². The molecule has 1 aromatic carbocycles. The van der Waals surface area contributed by atoms with Crippen LogP contribution in [0.1, 0.15) is 15.9 Å². The molecule has 1 aromatic rings. The maximum atomic E-state index is 11.7. The van der Waals surface area contributed by atoms with Gasteiger partial charge in [0.05, 0.1) is 13.2 Å². The number of benzene rings is 1. The minimum Gasteiger partial charge on any atom is -0.383 e. The Morgan fingerprint density at radius 1 is 1.38 bits per heavy atom. The molecule has 0 fully saturated rings. The predicted octanol–water partition coefficient (Wildman–Crippen LogP) is -0.515. The normalized spacial score (nSPS) is 10.5. The molecular formula is C14H22N4O3. The van der Waals surface area contributed by atoms with Crippen LogP contribution in [0.2, 0.25) is 0 Å².